The molecule has 3 aromatic heterocycles. The van der Waals surface area contributed by atoms with E-state index in [2.05, 4.69) is 15.0 Å². The van der Waals surface area contributed by atoms with Gasteiger partial charge in [0.25, 0.3) is 0 Å². The molecule has 0 saturated heterocycles. The molecular weight excluding hydrogens is 489 g/mol. The molecule has 0 atom stereocenters. The SMILES string of the molecule is O=S(=O)(NCCNc1cc(-c2c(-c3cccc(O)c3)nc3sccn23)ccn1)c1cccc(F)c1. The third kappa shape index (κ3) is 4.87. The number of imidazole rings is 1. The number of rotatable bonds is 8. The largest absolute Gasteiger partial charge is 0.508 e. The summed E-state index contributed by atoms with van der Waals surface area (Å²) in [6.45, 7) is 0.353. The summed E-state index contributed by atoms with van der Waals surface area (Å²) in [7, 11) is -3.82. The van der Waals surface area contributed by atoms with E-state index in [0.29, 0.717) is 5.82 Å². The van der Waals surface area contributed by atoms with Crippen LogP contribution in [-0.2, 0) is 10.0 Å². The number of pyridine rings is 1. The van der Waals surface area contributed by atoms with Gasteiger partial charge in [-0.25, -0.2) is 27.5 Å². The van der Waals surface area contributed by atoms with E-state index >= 15 is 0 Å². The van der Waals surface area contributed by atoms with Gasteiger partial charge in [0.15, 0.2) is 4.96 Å². The lowest BCUT2D eigenvalue weighted by atomic mass is 10.1. The fourth-order valence-electron chi connectivity index (χ4n) is 3.68. The van der Waals surface area contributed by atoms with E-state index in [1.165, 1.54) is 29.5 Å². The zero-order valence-electron chi connectivity index (χ0n) is 18.2. The van der Waals surface area contributed by atoms with Gasteiger partial charge < -0.3 is 10.4 Å². The van der Waals surface area contributed by atoms with E-state index in [-0.39, 0.29) is 23.7 Å². The highest BCUT2D eigenvalue weighted by atomic mass is 32.2. The molecule has 0 unspecified atom stereocenters. The minimum Gasteiger partial charge on any atom is -0.508 e. The van der Waals surface area contributed by atoms with Crippen molar-refractivity contribution >= 4 is 32.1 Å². The summed E-state index contributed by atoms with van der Waals surface area (Å²) in [5.74, 6) is 0.0961. The van der Waals surface area contributed by atoms with Gasteiger partial charge in [-0.3, -0.25) is 4.40 Å². The predicted molar refractivity (Wildman–Crippen MR) is 133 cm³/mol. The molecule has 0 radical (unpaired) electrons. The average Bonchev–Trinajstić information content (AvgIpc) is 3.44. The molecule has 0 spiro atoms. The molecule has 0 aliphatic rings. The topological polar surface area (TPSA) is 109 Å². The van der Waals surface area contributed by atoms with Crippen molar-refractivity contribution in [3.8, 4) is 28.3 Å². The number of benzene rings is 2. The third-order valence-electron chi connectivity index (χ3n) is 5.24. The number of phenolic OH excluding ortho intramolecular Hbond substituents is 1. The van der Waals surface area contributed by atoms with Crippen molar-refractivity contribution in [3.05, 3.63) is 84.3 Å². The highest BCUT2D eigenvalue weighted by molar-refractivity contribution is 7.89. The maximum absolute atomic E-state index is 13.4. The first kappa shape index (κ1) is 23.0. The number of hydrogen-bond donors (Lipinski definition) is 3. The first-order valence-corrected chi connectivity index (χ1v) is 13.0. The Morgan fingerprint density at radius 3 is 2.71 bits per heavy atom. The zero-order chi connectivity index (χ0) is 24.4. The molecule has 0 fully saturated rings. The van der Waals surface area contributed by atoms with Gasteiger partial charge in [0, 0.05) is 42.0 Å². The zero-order valence-corrected chi connectivity index (χ0v) is 19.9. The predicted octanol–water partition coefficient (Wildman–Crippen LogP) is 4.36. The smallest absolute Gasteiger partial charge is 0.240 e. The van der Waals surface area contributed by atoms with Crippen LogP contribution in [0.3, 0.4) is 0 Å². The Morgan fingerprint density at radius 2 is 1.89 bits per heavy atom. The molecule has 11 heteroatoms. The van der Waals surface area contributed by atoms with Crippen LogP contribution in [-0.4, -0.2) is 41.0 Å². The number of thiazole rings is 1. The maximum Gasteiger partial charge on any atom is 0.240 e. The van der Waals surface area contributed by atoms with E-state index in [9.17, 15) is 17.9 Å². The summed E-state index contributed by atoms with van der Waals surface area (Å²) in [6, 6.07) is 15.5. The summed E-state index contributed by atoms with van der Waals surface area (Å²) in [6.07, 6.45) is 3.59. The van der Waals surface area contributed by atoms with E-state index in [0.717, 1.165) is 33.5 Å². The highest BCUT2D eigenvalue weighted by Gasteiger charge is 2.18. The van der Waals surface area contributed by atoms with Crippen LogP contribution in [0.2, 0.25) is 0 Å². The molecule has 8 nitrogen and oxygen atoms in total. The van der Waals surface area contributed by atoms with E-state index in [4.69, 9.17) is 4.98 Å². The van der Waals surface area contributed by atoms with Crippen molar-refractivity contribution in [1.29, 1.82) is 0 Å². The number of phenols is 1. The van der Waals surface area contributed by atoms with Gasteiger partial charge in [-0.1, -0.05) is 18.2 Å². The van der Waals surface area contributed by atoms with Gasteiger partial charge >= 0.3 is 0 Å². The average molecular weight is 510 g/mol. The molecule has 5 aromatic rings. The molecule has 0 aliphatic carbocycles. The molecule has 2 aromatic carbocycles. The fraction of sp³-hybridized carbons (Fsp3) is 0.0833. The first-order chi connectivity index (χ1) is 16.9. The summed E-state index contributed by atoms with van der Waals surface area (Å²) in [5.41, 5.74) is 3.22. The fourth-order valence-corrected chi connectivity index (χ4v) is 5.46. The summed E-state index contributed by atoms with van der Waals surface area (Å²) in [5, 5.41) is 15.0. The van der Waals surface area contributed by atoms with Crippen LogP contribution in [0.1, 0.15) is 0 Å². The van der Waals surface area contributed by atoms with Crippen LogP contribution in [0.4, 0.5) is 10.2 Å². The van der Waals surface area contributed by atoms with Crippen LogP contribution in [0.25, 0.3) is 27.5 Å². The molecule has 0 saturated carbocycles. The quantitative estimate of drug-likeness (QED) is 0.268. The number of hydrogen-bond acceptors (Lipinski definition) is 7. The lowest BCUT2D eigenvalue weighted by molar-refractivity contribution is 0.475. The van der Waals surface area contributed by atoms with Crippen molar-refractivity contribution in [2.75, 3.05) is 18.4 Å². The lowest BCUT2D eigenvalue weighted by Crippen LogP contribution is -2.29. The molecular formula is C24H20FN5O3S2. The Bertz CT molecular complexity index is 1610. The number of nitrogens with zero attached hydrogens (tertiary/aromatic N) is 3. The highest BCUT2D eigenvalue weighted by Crippen LogP contribution is 2.35. The Morgan fingerprint density at radius 1 is 1.03 bits per heavy atom. The number of aromatic nitrogens is 3. The lowest BCUT2D eigenvalue weighted by Gasteiger charge is -2.10. The van der Waals surface area contributed by atoms with Crippen molar-refractivity contribution in [3.63, 3.8) is 0 Å². The van der Waals surface area contributed by atoms with Gasteiger partial charge in [-0.05, 0) is 42.5 Å². The van der Waals surface area contributed by atoms with Crippen LogP contribution < -0.4 is 10.0 Å². The minimum absolute atomic E-state index is 0.0841. The molecule has 0 aliphatic heterocycles. The first-order valence-electron chi connectivity index (χ1n) is 10.6. The second kappa shape index (κ2) is 9.45. The number of nitrogens with one attached hydrogen (secondary N) is 2. The standard InChI is InChI=1S/C24H20FN5O3S2/c25-18-4-2-6-20(15-18)35(32,33)28-10-9-27-21-14-17(7-8-26-21)23-22(16-3-1-5-19(31)13-16)29-24-30(23)11-12-34-24/h1-8,11-15,28,31H,9-10H2,(H,26,27). The second-order valence-corrected chi connectivity index (χ2v) is 10.3. The minimum atomic E-state index is -3.82. The number of sulfonamides is 1. The number of aromatic hydroxyl groups is 1. The normalized spacial score (nSPS) is 11.7. The Balaban J connectivity index is 1.35. The molecule has 3 N–H and O–H groups in total. The number of anilines is 1. The van der Waals surface area contributed by atoms with Crippen molar-refractivity contribution in [2.24, 2.45) is 0 Å². The van der Waals surface area contributed by atoms with Crippen molar-refractivity contribution in [1.82, 2.24) is 19.1 Å². The van der Waals surface area contributed by atoms with Gasteiger partial charge in [-0.2, -0.15) is 0 Å². The molecule has 5 rings (SSSR count). The third-order valence-corrected chi connectivity index (χ3v) is 7.46. The van der Waals surface area contributed by atoms with Gasteiger partial charge in [0.05, 0.1) is 16.3 Å². The van der Waals surface area contributed by atoms with Crippen molar-refractivity contribution < 1.29 is 17.9 Å². The van der Waals surface area contributed by atoms with Crippen LogP contribution in [0, 0.1) is 5.82 Å². The summed E-state index contributed by atoms with van der Waals surface area (Å²) in [4.78, 5) is 9.77. The Kier molecular flexibility index (Phi) is 6.20. The van der Waals surface area contributed by atoms with Crippen LogP contribution >= 0.6 is 11.3 Å². The Labute approximate surface area is 204 Å². The summed E-state index contributed by atoms with van der Waals surface area (Å²) >= 11 is 1.51. The molecule has 35 heavy (non-hydrogen) atoms. The number of fused-ring (bicyclic) bond motifs is 1. The van der Waals surface area contributed by atoms with E-state index in [1.54, 1.807) is 24.4 Å². The summed E-state index contributed by atoms with van der Waals surface area (Å²) < 4.78 is 42.5. The molecule has 0 amide bonds. The van der Waals surface area contributed by atoms with Crippen LogP contribution in [0.5, 0.6) is 5.75 Å². The second-order valence-electron chi connectivity index (χ2n) is 7.63. The monoisotopic (exact) mass is 509 g/mol. The molecule has 0 bridgehead atoms. The Hall–Kier alpha value is -3.80. The number of halogens is 1. The van der Waals surface area contributed by atoms with Crippen LogP contribution in [0.15, 0.2) is 83.3 Å². The van der Waals surface area contributed by atoms with Gasteiger partial charge in [-0.15, -0.1) is 11.3 Å². The van der Waals surface area contributed by atoms with Crippen molar-refractivity contribution in [2.45, 2.75) is 4.90 Å². The van der Waals surface area contributed by atoms with E-state index < -0.39 is 15.8 Å². The molecule has 178 valence electrons. The van der Waals surface area contributed by atoms with Gasteiger partial charge in [0.1, 0.15) is 17.4 Å². The maximum atomic E-state index is 13.4. The van der Waals surface area contributed by atoms with E-state index in [1.807, 2.05) is 34.2 Å². The molecule has 3 heterocycles. The van der Waals surface area contributed by atoms with Gasteiger partial charge in [0.2, 0.25) is 10.0 Å².